The molecule has 0 rings (SSSR count). The highest BCUT2D eigenvalue weighted by atomic mass is 16.5. The largest absolute Gasteiger partial charge is 0.381 e. The zero-order chi connectivity index (χ0) is 14.9. The SMILES string of the molecule is COCC(=O)NCCCCCOCCCCCNC=O. The highest BCUT2D eigenvalue weighted by molar-refractivity contribution is 5.77. The third-order valence-electron chi connectivity index (χ3n) is 2.76. The number of rotatable bonds is 15. The lowest BCUT2D eigenvalue weighted by molar-refractivity contribution is -0.124. The van der Waals surface area contributed by atoms with Crippen LogP contribution in [0.4, 0.5) is 0 Å². The fourth-order valence-corrected chi connectivity index (χ4v) is 1.68. The average Bonchev–Trinajstić information content (AvgIpc) is 2.44. The van der Waals surface area contributed by atoms with Crippen LogP contribution >= 0.6 is 0 Å². The standard InChI is InChI=1S/C14H28N2O4/c1-19-12-14(18)16-9-5-3-7-11-20-10-6-2-4-8-15-13-17/h13H,2-12H2,1H3,(H,15,17)(H,16,18). The lowest BCUT2D eigenvalue weighted by Gasteiger charge is -2.05. The number of ether oxygens (including phenoxy) is 2. The van der Waals surface area contributed by atoms with Crippen LogP contribution in [-0.2, 0) is 19.1 Å². The molecule has 0 atom stereocenters. The maximum Gasteiger partial charge on any atom is 0.245 e. The molecule has 0 bridgehead atoms. The van der Waals surface area contributed by atoms with Crippen LogP contribution in [0.2, 0.25) is 0 Å². The lowest BCUT2D eigenvalue weighted by Crippen LogP contribution is -2.27. The van der Waals surface area contributed by atoms with E-state index in [1.54, 1.807) is 0 Å². The molecular weight excluding hydrogens is 260 g/mol. The fraction of sp³-hybridized carbons (Fsp3) is 0.857. The molecule has 6 heteroatoms. The number of hydrogen-bond acceptors (Lipinski definition) is 4. The summed E-state index contributed by atoms with van der Waals surface area (Å²) in [6.45, 7) is 3.14. The number of nitrogens with one attached hydrogen (secondary N) is 2. The third-order valence-corrected chi connectivity index (χ3v) is 2.76. The van der Waals surface area contributed by atoms with Gasteiger partial charge in [-0.25, -0.2) is 0 Å². The third kappa shape index (κ3) is 14.9. The number of amides is 2. The monoisotopic (exact) mass is 288 g/mol. The van der Waals surface area contributed by atoms with Crippen molar-refractivity contribution < 1.29 is 19.1 Å². The Kier molecular flexibility index (Phi) is 15.0. The average molecular weight is 288 g/mol. The van der Waals surface area contributed by atoms with E-state index < -0.39 is 0 Å². The van der Waals surface area contributed by atoms with E-state index in [1.807, 2.05) is 0 Å². The Bertz CT molecular complexity index is 237. The van der Waals surface area contributed by atoms with Gasteiger partial charge in [0.05, 0.1) is 0 Å². The van der Waals surface area contributed by atoms with Gasteiger partial charge in [0.25, 0.3) is 0 Å². The van der Waals surface area contributed by atoms with Crippen molar-refractivity contribution in [1.29, 1.82) is 0 Å². The van der Waals surface area contributed by atoms with Crippen LogP contribution in [0.15, 0.2) is 0 Å². The minimum absolute atomic E-state index is 0.0622. The van der Waals surface area contributed by atoms with Crippen molar-refractivity contribution in [3.05, 3.63) is 0 Å². The zero-order valence-electron chi connectivity index (χ0n) is 12.5. The van der Waals surface area contributed by atoms with Gasteiger partial charge in [-0.3, -0.25) is 9.59 Å². The van der Waals surface area contributed by atoms with Crippen molar-refractivity contribution in [3.63, 3.8) is 0 Å². The van der Waals surface area contributed by atoms with Crippen LogP contribution in [0.1, 0.15) is 38.5 Å². The second kappa shape index (κ2) is 15.9. The minimum atomic E-state index is -0.0622. The van der Waals surface area contributed by atoms with Gasteiger partial charge in [0.15, 0.2) is 0 Å². The Morgan fingerprint density at radius 3 is 2.25 bits per heavy atom. The van der Waals surface area contributed by atoms with Crippen LogP contribution in [0.5, 0.6) is 0 Å². The van der Waals surface area contributed by atoms with Gasteiger partial charge in [0.2, 0.25) is 12.3 Å². The van der Waals surface area contributed by atoms with Crippen molar-refractivity contribution >= 4 is 12.3 Å². The second-order valence-corrected chi connectivity index (χ2v) is 4.59. The fourth-order valence-electron chi connectivity index (χ4n) is 1.68. The molecule has 0 fully saturated rings. The summed E-state index contributed by atoms with van der Waals surface area (Å²) in [6, 6.07) is 0. The summed E-state index contributed by atoms with van der Waals surface area (Å²) < 4.78 is 10.2. The van der Waals surface area contributed by atoms with Gasteiger partial charge < -0.3 is 20.1 Å². The first-order valence-corrected chi connectivity index (χ1v) is 7.31. The smallest absolute Gasteiger partial charge is 0.245 e. The Labute approximate surface area is 121 Å². The van der Waals surface area contributed by atoms with Crippen molar-refractivity contribution in [1.82, 2.24) is 10.6 Å². The molecule has 0 saturated heterocycles. The van der Waals surface area contributed by atoms with E-state index in [2.05, 4.69) is 10.6 Å². The molecule has 2 amide bonds. The predicted octanol–water partition coefficient (Wildman–Crippen LogP) is 0.852. The normalized spacial score (nSPS) is 10.2. The van der Waals surface area contributed by atoms with E-state index in [9.17, 15) is 9.59 Å². The van der Waals surface area contributed by atoms with Gasteiger partial charge in [-0.15, -0.1) is 0 Å². The van der Waals surface area contributed by atoms with Gasteiger partial charge in [-0.1, -0.05) is 0 Å². The maximum absolute atomic E-state index is 11.1. The van der Waals surface area contributed by atoms with Crippen molar-refractivity contribution in [2.24, 2.45) is 0 Å². The van der Waals surface area contributed by atoms with E-state index >= 15 is 0 Å². The summed E-state index contributed by atoms with van der Waals surface area (Å²) in [4.78, 5) is 21.1. The molecule has 0 unspecified atom stereocenters. The molecule has 20 heavy (non-hydrogen) atoms. The van der Waals surface area contributed by atoms with Crippen LogP contribution < -0.4 is 10.6 Å². The molecule has 0 aromatic heterocycles. The topological polar surface area (TPSA) is 76.7 Å². The van der Waals surface area contributed by atoms with Gasteiger partial charge in [0, 0.05) is 33.4 Å². The molecule has 0 aliphatic rings. The predicted molar refractivity (Wildman–Crippen MR) is 77.5 cm³/mol. The molecule has 0 radical (unpaired) electrons. The zero-order valence-corrected chi connectivity index (χ0v) is 12.5. The summed E-state index contributed by atoms with van der Waals surface area (Å²) in [5.74, 6) is -0.0622. The van der Waals surface area contributed by atoms with E-state index in [4.69, 9.17) is 9.47 Å². The molecule has 0 spiro atoms. The van der Waals surface area contributed by atoms with Gasteiger partial charge in [-0.2, -0.15) is 0 Å². The number of carbonyl (C=O) groups excluding carboxylic acids is 2. The number of methoxy groups -OCH3 is 1. The van der Waals surface area contributed by atoms with Crippen molar-refractivity contribution in [3.8, 4) is 0 Å². The van der Waals surface area contributed by atoms with Crippen molar-refractivity contribution in [2.75, 3.05) is 40.0 Å². The maximum atomic E-state index is 11.1. The van der Waals surface area contributed by atoms with E-state index in [1.165, 1.54) is 7.11 Å². The van der Waals surface area contributed by atoms with Crippen molar-refractivity contribution in [2.45, 2.75) is 38.5 Å². The summed E-state index contributed by atoms with van der Waals surface area (Å²) in [5, 5.41) is 5.42. The summed E-state index contributed by atoms with van der Waals surface area (Å²) in [6.07, 6.45) is 6.89. The van der Waals surface area contributed by atoms with Gasteiger partial charge in [0.1, 0.15) is 6.61 Å². The first kappa shape index (κ1) is 18.9. The number of unbranched alkanes of at least 4 members (excludes halogenated alkanes) is 4. The van der Waals surface area contributed by atoms with E-state index in [-0.39, 0.29) is 12.5 Å². The number of carbonyl (C=O) groups is 2. The van der Waals surface area contributed by atoms with E-state index in [0.29, 0.717) is 6.54 Å². The molecule has 118 valence electrons. The molecule has 0 aromatic carbocycles. The molecule has 0 saturated carbocycles. The Morgan fingerprint density at radius 2 is 1.65 bits per heavy atom. The van der Waals surface area contributed by atoms with E-state index in [0.717, 1.165) is 64.7 Å². The summed E-state index contributed by atoms with van der Waals surface area (Å²) >= 11 is 0. The second-order valence-electron chi connectivity index (χ2n) is 4.59. The lowest BCUT2D eigenvalue weighted by atomic mass is 10.2. The highest BCUT2D eigenvalue weighted by Crippen LogP contribution is 1.98. The molecule has 2 N–H and O–H groups in total. The molecular formula is C14H28N2O4. The summed E-state index contributed by atoms with van der Waals surface area (Å²) in [5.41, 5.74) is 0. The molecule has 0 aromatic rings. The molecule has 0 heterocycles. The van der Waals surface area contributed by atoms with Crippen LogP contribution in [0.25, 0.3) is 0 Å². The minimum Gasteiger partial charge on any atom is -0.381 e. The molecule has 0 aliphatic carbocycles. The van der Waals surface area contributed by atoms with Gasteiger partial charge in [-0.05, 0) is 38.5 Å². The molecule has 6 nitrogen and oxygen atoms in total. The summed E-state index contributed by atoms with van der Waals surface area (Å²) in [7, 11) is 1.51. The Balaban J connectivity index is 3.02. The van der Waals surface area contributed by atoms with Crippen LogP contribution in [-0.4, -0.2) is 52.3 Å². The first-order valence-electron chi connectivity index (χ1n) is 7.31. The molecule has 0 aliphatic heterocycles. The van der Waals surface area contributed by atoms with Crippen LogP contribution in [0, 0.1) is 0 Å². The first-order chi connectivity index (χ1) is 9.81. The van der Waals surface area contributed by atoms with Gasteiger partial charge >= 0.3 is 0 Å². The number of hydrogen-bond donors (Lipinski definition) is 2. The Hall–Kier alpha value is -1.14. The van der Waals surface area contributed by atoms with Crippen LogP contribution in [0.3, 0.4) is 0 Å². The Morgan fingerprint density at radius 1 is 1.00 bits per heavy atom. The highest BCUT2D eigenvalue weighted by Gasteiger charge is 1.98. The quantitative estimate of drug-likeness (QED) is 0.346.